The van der Waals surface area contributed by atoms with Gasteiger partial charge in [0.25, 0.3) is 5.91 Å². The molecular weight excluding hydrogens is 298 g/mol. The molecule has 0 aliphatic carbocycles. The Labute approximate surface area is 119 Å². The summed E-state index contributed by atoms with van der Waals surface area (Å²) in [6.45, 7) is 3.69. The molecule has 0 radical (unpaired) electrons. The van der Waals surface area contributed by atoms with Gasteiger partial charge in [-0.05, 0) is 13.3 Å². The van der Waals surface area contributed by atoms with E-state index in [4.69, 9.17) is 40.5 Å². The maximum Gasteiger partial charge on any atom is 0.291 e. The van der Waals surface area contributed by atoms with Crippen LogP contribution in [0, 0.1) is 0 Å². The summed E-state index contributed by atoms with van der Waals surface area (Å²) in [4.78, 5) is 15.6. The minimum atomic E-state index is -0.599. The van der Waals surface area contributed by atoms with E-state index in [1.807, 2.05) is 6.92 Å². The number of pyridine rings is 1. The van der Waals surface area contributed by atoms with Gasteiger partial charge in [0.15, 0.2) is 10.8 Å². The van der Waals surface area contributed by atoms with E-state index in [9.17, 15) is 4.79 Å². The van der Waals surface area contributed by atoms with Gasteiger partial charge in [0.2, 0.25) is 0 Å². The highest BCUT2D eigenvalue weighted by molar-refractivity contribution is 6.46. The fraction of sp³-hybridized carbons (Fsp3) is 0.300. The number of nitrogens with zero attached hydrogens (tertiary/aromatic N) is 2. The van der Waals surface area contributed by atoms with Crippen LogP contribution >= 0.6 is 34.8 Å². The monoisotopic (exact) mass is 308 g/mol. The molecule has 1 aromatic rings. The second-order valence-electron chi connectivity index (χ2n) is 3.43. The Balaban J connectivity index is 3.08. The van der Waals surface area contributed by atoms with Crippen molar-refractivity contribution in [3.05, 3.63) is 20.9 Å². The molecule has 0 atom stereocenters. The zero-order valence-corrected chi connectivity index (χ0v) is 12.0. The van der Waals surface area contributed by atoms with Crippen LogP contribution in [0.4, 0.5) is 5.69 Å². The molecule has 1 rings (SSSR count). The van der Waals surface area contributed by atoms with Gasteiger partial charge in [-0.15, -0.1) is 0 Å². The topological polar surface area (TPSA) is 80.4 Å². The molecule has 0 saturated heterocycles. The molecule has 0 fully saturated rings. The lowest BCUT2D eigenvalue weighted by molar-refractivity contribution is 0.0950. The predicted molar refractivity (Wildman–Crippen MR) is 74.5 cm³/mol. The lowest BCUT2D eigenvalue weighted by atomic mass is 10.3. The molecule has 1 aromatic heterocycles. The lowest BCUT2D eigenvalue weighted by Gasteiger charge is -2.08. The van der Waals surface area contributed by atoms with Gasteiger partial charge in [-0.2, -0.15) is 5.10 Å². The van der Waals surface area contributed by atoms with Crippen LogP contribution in [-0.2, 0) is 0 Å². The van der Waals surface area contributed by atoms with Crippen LogP contribution in [0.25, 0.3) is 0 Å². The van der Waals surface area contributed by atoms with E-state index in [0.717, 1.165) is 5.71 Å². The highest BCUT2D eigenvalue weighted by Gasteiger charge is 2.19. The number of aromatic nitrogens is 1. The van der Waals surface area contributed by atoms with Crippen LogP contribution in [0.2, 0.25) is 15.2 Å². The van der Waals surface area contributed by atoms with E-state index < -0.39 is 5.91 Å². The zero-order valence-electron chi connectivity index (χ0n) is 9.72. The number of rotatable bonds is 3. The zero-order chi connectivity index (χ0) is 13.9. The summed E-state index contributed by atoms with van der Waals surface area (Å²) < 4.78 is 0. The maximum absolute atomic E-state index is 11.8. The predicted octanol–water partition coefficient (Wildman–Crippen LogP) is 3.14. The molecule has 1 heterocycles. The minimum Gasteiger partial charge on any atom is -0.396 e. The first-order valence-corrected chi connectivity index (χ1v) is 6.15. The van der Waals surface area contributed by atoms with Gasteiger partial charge >= 0.3 is 0 Å². The molecule has 0 bridgehead atoms. The molecule has 0 unspecified atom stereocenters. The van der Waals surface area contributed by atoms with Crippen molar-refractivity contribution in [1.82, 2.24) is 10.4 Å². The number of nitrogens with one attached hydrogen (secondary N) is 1. The molecule has 1 amide bonds. The number of amides is 1. The molecule has 18 heavy (non-hydrogen) atoms. The number of halogens is 3. The Morgan fingerprint density at radius 1 is 1.39 bits per heavy atom. The molecule has 0 aliphatic heterocycles. The standard InChI is InChI=1S/C10H11Cl3N4O/c1-3-4(2)16-17-10(18)8-5(11)7(14)6(12)9(13)15-8/h3H2,1-2H3,(H2,14,15)(H,17,18)/b16-4-. The van der Waals surface area contributed by atoms with Crippen molar-refractivity contribution >= 4 is 52.1 Å². The summed E-state index contributed by atoms with van der Waals surface area (Å²) in [5.41, 5.74) is 8.56. The molecule has 0 spiro atoms. The number of hydrogen-bond donors (Lipinski definition) is 2. The van der Waals surface area contributed by atoms with E-state index in [1.54, 1.807) is 6.92 Å². The van der Waals surface area contributed by atoms with Crippen LogP contribution in [0.3, 0.4) is 0 Å². The van der Waals surface area contributed by atoms with Crippen LogP contribution in [-0.4, -0.2) is 16.6 Å². The third kappa shape index (κ3) is 3.25. The van der Waals surface area contributed by atoms with Gasteiger partial charge < -0.3 is 5.73 Å². The average molecular weight is 310 g/mol. The molecule has 98 valence electrons. The number of nitrogens with two attached hydrogens (primary N) is 1. The van der Waals surface area contributed by atoms with Crippen molar-refractivity contribution in [3.8, 4) is 0 Å². The normalized spacial score (nSPS) is 11.5. The highest BCUT2D eigenvalue weighted by Crippen LogP contribution is 2.34. The highest BCUT2D eigenvalue weighted by atomic mass is 35.5. The molecule has 3 N–H and O–H groups in total. The summed E-state index contributed by atoms with van der Waals surface area (Å²) in [6.07, 6.45) is 0.713. The third-order valence-corrected chi connectivity index (χ3v) is 3.28. The molecule has 0 aliphatic rings. The van der Waals surface area contributed by atoms with Crippen molar-refractivity contribution < 1.29 is 4.79 Å². The lowest BCUT2D eigenvalue weighted by Crippen LogP contribution is -2.21. The number of hydrazone groups is 1. The molecule has 0 aromatic carbocycles. The quantitative estimate of drug-likeness (QED) is 0.511. The van der Waals surface area contributed by atoms with Crippen LogP contribution in [0.5, 0.6) is 0 Å². The maximum atomic E-state index is 11.8. The first-order valence-electron chi connectivity index (χ1n) is 5.01. The van der Waals surface area contributed by atoms with Gasteiger partial charge in [0.05, 0.1) is 10.7 Å². The Hall–Kier alpha value is -1.04. The third-order valence-electron chi connectivity index (χ3n) is 2.15. The second kappa shape index (κ2) is 6.22. The average Bonchev–Trinajstić information content (AvgIpc) is 2.37. The summed E-state index contributed by atoms with van der Waals surface area (Å²) in [7, 11) is 0. The first kappa shape index (κ1) is 15.0. The van der Waals surface area contributed by atoms with Gasteiger partial charge in [0.1, 0.15) is 5.02 Å². The van der Waals surface area contributed by atoms with E-state index >= 15 is 0 Å². The smallest absolute Gasteiger partial charge is 0.291 e. The van der Waals surface area contributed by atoms with Crippen LogP contribution in [0.1, 0.15) is 30.8 Å². The first-order chi connectivity index (χ1) is 8.38. The fourth-order valence-corrected chi connectivity index (χ4v) is 1.55. The van der Waals surface area contributed by atoms with Gasteiger partial charge in [-0.3, -0.25) is 4.79 Å². The Morgan fingerprint density at radius 3 is 2.56 bits per heavy atom. The fourth-order valence-electron chi connectivity index (χ4n) is 0.960. The molecule has 0 saturated carbocycles. The van der Waals surface area contributed by atoms with E-state index in [0.29, 0.717) is 6.42 Å². The number of hydrogen-bond acceptors (Lipinski definition) is 4. The molecule has 8 heteroatoms. The van der Waals surface area contributed by atoms with E-state index in [1.165, 1.54) is 0 Å². The molecular formula is C10H11Cl3N4O. The number of carbonyl (C=O) groups excluding carboxylic acids is 1. The summed E-state index contributed by atoms with van der Waals surface area (Å²) in [5, 5.41) is 3.73. The summed E-state index contributed by atoms with van der Waals surface area (Å²) in [6, 6.07) is 0. The Bertz CT molecular complexity index is 516. The number of carbonyl (C=O) groups is 1. The van der Waals surface area contributed by atoms with Gasteiger partial charge in [-0.1, -0.05) is 41.7 Å². The SMILES string of the molecule is CC/C(C)=N\NC(=O)c1nc(Cl)c(Cl)c(N)c1Cl. The van der Waals surface area contributed by atoms with Crippen molar-refractivity contribution in [2.75, 3.05) is 5.73 Å². The minimum absolute atomic E-state index is 0.0136. The Morgan fingerprint density at radius 2 is 2.00 bits per heavy atom. The summed E-state index contributed by atoms with van der Waals surface area (Å²) in [5.74, 6) is -0.599. The van der Waals surface area contributed by atoms with E-state index in [-0.39, 0.29) is 26.6 Å². The van der Waals surface area contributed by atoms with Gasteiger partial charge in [-0.25, -0.2) is 10.4 Å². The second-order valence-corrected chi connectivity index (χ2v) is 4.55. The number of nitrogen functional groups attached to an aromatic ring is 1. The molecule has 5 nitrogen and oxygen atoms in total. The van der Waals surface area contributed by atoms with Crippen LogP contribution < -0.4 is 11.2 Å². The Kier molecular flexibility index (Phi) is 5.19. The number of anilines is 1. The van der Waals surface area contributed by atoms with Crippen molar-refractivity contribution in [1.29, 1.82) is 0 Å². The summed E-state index contributed by atoms with van der Waals surface area (Å²) >= 11 is 17.3. The largest absolute Gasteiger partial charge is 0.396 e. The van der Waals surface area contributed by atoms with E-state index in [2.05, 4.69) is 15.5 Å². The van der Waals surface area contributed by atoms with Crippen LogP contribution in [0.15, 0.2) is 5.10 Å². The van der Waals surface area contributed by atoms with Crippen molar-refractivity contribution in [3.63, 3.8) is 0 Å². The van der Waals surface area contributed by atoms with Gasteiger partial charge in [0, 0.05) is 5.71 Å². The van der Waals surface area contributed by atoms with Crippen molar-refractivity contribution in [2.24, 2.45) is 5.10 Å². The van der Waals surface area contributed by atoms with Crippen molar-refractivity contribution in [2.45, 2.75) is 20.3 Å².